The van der Waals surface area contributed by atoms with E-state index in [9.17, 15) is 9.50 Å². The second-order valence-electron chi connectivity index (χ2n) is 4.72. The van der Waals surface area contributed by atoms with Gasteiger partial charge in [0.05, 0.1) is 6.10 Å². The molecule has 0 radical (unpaired) electrons. The topological polar surface area (TPSA) is 20.2 Å². The molecule has 0 amide bonds. The average Bonchev–Trinajstić information content (AvgIpc) is 2.92. The summed E-state index contributed by atoms with van der Waals surface area (Å²) < 4.78 is 13.8. The Morgan fingerprint density at radius 3 is 2.64 bits per heavy atom. The van der Waals surface area contributed by atoms with Crippen LogP contribution in [0.1, 0.15) is 26.7 Å². The van der Waals surface area contributed by atoms with Crippen LogP contribution in [-0.4, -0.2) is 17.4 Å². The van der Waals surface area contributed by atoms with E-state index >= 15 is 0 Å². The van der Waals surface area contributed by atoms with Crippen molar-refractivity contribution in [1.82, 2.24) is 0 Å². The summed E-state index contributed by atoms with van der Waals surface area (Å²) in [6.07, 6.45) is 6.18. The zero-order valence-corrected chi connectivity index (χ0v) is 8.70. The molecule has 1 nitrogen and oxygen atoms in total. The van der Waals surface area contributed by atoms with Crippen molar-refractivity contribution in [3.8, 4) is 0 Å². The molecule has 3 atom stereocenters. The summed E-state index contributed by atoms with van der Waals surface area (Å²) in [6, 6.07) is 0. The minimum atomic E-state index is -1.05. The van der Waals surface area contributed by atoms with Gasteiger partial charge in [-0.25, -0.2) is 4.39 Å². The van der Waals surface area contributed by atoms with Crippen LogP contribution in [0, 0.1) is 11.3 Å². The highest BCUT2D eigenvalue weighted by atomic mass is 19.1. The first kappa shape index (κ1) is 9.91. The number of rotatable bonds is 2. The number of aliphatic hydroxyl groups is 1. The molecular formula is C12H17FO. The van der Waals surface area contributed by atoms with Crippen molar-refractivity contribution in [1.29, 1.82) is 0 Å². The lowest BCUT2D eigenvalue weighted by Gasteiger charge is -2.34. The Labute approximate surface area is 84.3 Å². The zero-order valence-electron chi connectivity index (χ0n) is 8.70. The maximum atomic E-state index is 13.8. The third-order valence-electron chi connectivity index (χ3n) is 3.52. The van der Waals surface area contributed by atoms with E-state index in [1.54, 1.807) is 19.9 Å². The standard InChI is InChI=1S/C12H17FO/c1-8(14)12(2)6-5-10(7-11(12)13)9-3-4-9/h5-9,11,14H,3-4H2,1-2H3. The van der Waals surface area contributed by atoms with Gasteiger partial charge in [-0.3, -0.25) is 0 Å². The van der Waals surface area contributed by atoms with Crippen LogP contribution in [0.15, 0.2) is 23.8 Å². The van der Waals surface area contributed by atoms with Gasteiger partial charge >= 0.3 is 0 Å². The molecule has 3 unspecified atom stereocenters. The van der Waals surface area contributed by atoms with E-state index in [1.807, 2.05) is 12.2 Å². The summed E-state index contributed by atoms with van der Waals surface area (Å²) in [5, 5.41) is 9.53. The highest BCUT2D eigenvalue weighted by molar-refractivity contribution is 5.34. The smallest absolute Gasteiger partial charge is 0.130 e. The molecule has 1 fully saturated rings. The Morgan fingerprint density at radius 1 is 1.57 bits per heavy atom. The maximum Gasteiger partial charge on any atom is 0.130 e. The molecule has 78 valence electrons. The first-order valence-corrected chi connectivity index (χ1v) is 5.27. The van der Waals surface area contributed by atoms with Gasteiger partial charge in [0, 0.05) is 5.41 Å². The second kappa shape index (κ2) is 3.20. The van der Waals surface area contributed by atoms with Crippen LogP contribution in [0.5, 0.6) is 0 Å². The van der Waals surface area contributed by atoms with Gasteiger partial charge in [0.2, 0.25) is 0 Å². The summed E-state index contributed by atoms with van der Waals surface area (Å²) in [5.41, 5.74) is 0.383. The monoisotopic (exact) mass is 196 g/mol. The largest absolute Gasteiger partial charge is 0.392 e. The summed E-state index contributed by atoms with van der Waals surface area (Å²) in [7, 11) is 0. The van der Waals surface area contributed by atoms with E-state index in [-0.39, 0.29) is 0 Å². The molecule has 0 aromatic carbocycles. The summed E-state index contributed by atoms with van der Waals surface area (Å²) in [6.45, 7) is 3.41. The first-order valence-electron chi connectivity index (χ1n) is 5.27. The third kappa shape index (κ3) is 1.52. The normalized spacial score (nSPS) is 39.4. The molecule has 1 N–H and O–H groups in total. The highest BCUT2D eigenvalue weighted by Crippen LogP contribution is 2.43. The highest BCUT2D eigenvalue weighted by Gasteiger charge is 2.39. The van der Waals surface area contributed by atoms with Gasteiger partial charge in [-0.15, -0.1) is 0 Å². The summed E-state index contributed by atoms with van der Waals surface area (Å²) in [5.74, 6) is 0.586. The lowest BCUT2D eigenvalue weighted by Crippen LogP contribution is -2.38. The van der Waals surface area contributed by atoms with Crippen LogP contribution in [0.2, 0.25) is 0 Å². The predicted octanol–water partition coefficient (Wildman–Crippen LogP) is 2.62. The van der Waals surface area contributed by atoms with Crippen LogP contribution in [-0.2, 0) is 0 Å². The maximum absolute atomic E-state index is 13.8. The van der Waals surface area contributed by atoms with Crippen LogP contribution in [0.25, 0.3) is 0 Å². The van der Waals surface area contributed by atoms with Crippen LogP contribution >= 0.6 is 0 Å². The quantitative estimate of drug-likeness (QED) is 0.719. The Hall–Kier alpha value is -0.630. The van der Waals surface area contributed by atoms with Crippen molar-refractivity contribution in [2.75, 3.05) is 0 Å². The van der Waals surface area contributed by atoms with E-state index in [1.165, 1.54) is 12.8 Å². The van der Waals surface area contributed by atoms with E-state index < -0.39 is 17.7 Å². The molecule has 0 aliphatic heterocycles. The number of halogens is 1. The number of hydrogen-bond donors (Lipinski definition) is 1. The molecule has 2 aliphatic carbocycles. The van der Waals surface area contributed by atoms with Crippen LogP contribution in [0.3, 0.4) is 0 Å². The Kier molecular flexibility index (Phi) is 2.26. The number of hydrogen-bond acceptors (Lipinski definition) is 1. The van der Waals surface area contributed by atoms with Gasteiger partial charge in [-0.05, 0) is 37.3 Å². The Morgan fingerprint density at radius 2 is 2.21 bits per heavy atom. The van der Waals surface area contributed by atoms with Gasteiger partial charge in [0.1, 0.15) is 6.17 Å². The zero-order chi connectivity index (χ0) is 10.3. The molecule has 14 heavy (non-hydrogen) atoms. The van der Waals surface area contributed by atoms with Crippen molar-refractivity contribution in [3.63, 3.8) is 0 Å². The van der Waals surface area contributed by atoms with Gasteiger partial charge in [-0.2, -0.15) is 0 Å². The number of allylic oxidation sites excluding steroid dienone is 3. The lowest BCUT2D eigenvalue weighted by atomic mass is 9.76. The van der Waals surface area contributed by atoms with Crippen LogP contribution in [0.4, 0.5) is 4.39 Å². The minimum absolute atomic E-state index is 0.586. The van der Waals surface area contributed by atoms with Crippen LogP contribution < -0.4 is 0 Å². The molecular weight excluding hydrogens is 179 g/mol. The van der Waals surface area contributed by atoms with E-state index in [0.717, 1.165) is 5.57 Å². The average molecular weight is 196 g/mol. The Balaban J connectivity index is 2.18. The molecule has 0 bridgehead atoms. The van der Waals surface area contributed by atoms with Crippen molar-refractivity contribution in [2.24, 2.45) is 11.3 Å². The van der Waals surface area contributed by atoms with Crippen molar-refractivity contribution >= 4 is 0 Å². The van der Waals surface area contributed by atoms with E-state index in [4.69, 9.17) is 0 Å². The molecule has 0 spiro atoms. The first-order chi connectivity index (χ1) is 6.54. The molecule has 2 heteroatoms. The fourth-order valence-corrected chi connectivity index (χ4v) is 1.83. The van der Waals surface area contributed by atoms with Gasteiger partial charge < -0.3 is 5.11 Å². The fourth-order valence-electron chi connectivity index (χ4n) is 1.83. The third-order valence-corrected chi connectivity index (χ3v) is 3.52. The van der Waals surface area contributed by atoms with Gasteiger partial charge in [0.25, 0.3) is 0 Å². The Bertz CT molecular complexity index is 289. The van der Waals surface area contributed by atoms with Crippen molar-refractivity contribution < 1.29 is 9.50 Å². The molecule has 0 aromatic rings. The predicted molar refractivity (Wildman–Crippen MR) is 54.6 cm³/mol. The molecule has 0 heterocycles. The van der Waals surface area contributed by atoms with E-state index in [0.29, 0.717) is 5.92 Å². The minimum Gasteiger partial charge on any atom is -0.392 e. The number of alkyl halides is 1. The SMILES string of the molecule is CC(O)C1(C)C=CC(C2CC2)=CC1F. The van der Waals surface area contributed by atoms with Gasteiger partial charge in [-0.1, -0.05) is 19.1 Å². The summed E-state index contributed by atoms with van der Waals surface area (Å²) >= 11 is 0. The molecule has 1 saturated carbocycles. The fraction of sp³-hybridized carbons (Fsp3) is 0.667. The van der Waals surface area contributed by atoms with Crippen molar-refractivity contribution in [3.05, 3.63) is 23.8 Å². The van der Waals surface area contributed by atoms with Crippen molar-refractivity contribution in [2.45, 2.75) is 39.0 Å². The van der Waals surface area contributed by atoms with Gasteiger partial charge in [0.15, 0.2) is 0 Å². The summed E-state index contributed by atoms with van der Waals surface area (Å²) in [4.78, 5) is 0. The molecule has 0 saturated heterocycles. The second-order valence-corrected chi connectivity index (χ2v) is 4.72. The molecule has 0 aromatic heterocycles. The number of aliphatic hydroxyl groups excluding tert-OH is 1. The molecule has 2 rings (SSSR count). The molecule has 2 aliphatic rings. The lowest BCUT2D eigenvalue weighted by molar-refractivity contribution is 0.0407. The van der Waals surface area contributed by atoms with E-state index in [2.05, 4.69) is 0 Å².